The van der Waals surface area contributed by atoms with Gasteiger partial charge in [-0.05, 0) is 42.7 Å². The van der Waals surface area contributed by atoms with Gasteiger partial charge in [-0.15, -0.1) is 11.3 Å². The van der Waals surface area contributed by atoms with Gasteiger partial charge in [-0.2, -0.15) is 0 Å². The van der Waals surface area contributed by atoms with Gasteiger partial charge < -0.3 is 19.5 Å². The summed E-state index contributed by atoms with van der Waals surface area (Å²) in [5.74, 6) is 1.21. The van der Waals surface area contributed by atoms with E-state index in [0.29, 0.717) is 40.8 Å². The minimum atomic E-state index is -0.244. The first kappa shape index (κ1) is 22.6. The third-order valence-corrected chi connectivity index (χ3v) is 5.89. The molecule has 1 amide bonds. The number of nitrogens with one attached hydrogen (secondary N) is 1. The van der Waals surface area contributed by atoms with Crippen molar-refractivity contribution in [3.05, 3.63) is 63.9 Å². The number of aryl methyl sites for hydroxylation is 2. The maximum absolute atomic E-state index is 13.9. The summed E-state index contributed by atoms with van der Waals surface area (Å²) in [6.07, 6.45) is 1.20. The Labute approximate surface area is 185 Å². The highest BCUT2D eigenvalue weighted by Crippen LogP contribution is 2.38. The van der Waals surface area contributed by atoms with E-state index in [2.05, 4.69) is 10.3 Å². The number of amides is 1. The normalized spacial score (nSPS) is 10.6. The Bertz CT molecular complexity index is 1040. The molecular weight excluding hydrogens is 419 g/mol. The second kappa shape index (κ2) is 10.3. The third kappa shape index (κ3) is 5.52. The molecule has 8 heteroatoms. The van der Waals surface area contributed by atoms with Crippen LogP contribution in [-0.2, 0) is 17.6 Å². The lowest BCUT2D eigenvalue weighted by molar-refractivity contribution is -0.116. The first-order chi connectivity index (χ1) is 14.9. The van der Waals surface area contributed by atoms with E-state index in [4.69, 9.17) is 14.2 Å². The number of hydrogen-bond acceptors (Lipinski definition) is 6. The molecule has 0 unspecified atom stereocenters. The standard InChI is InChI=1S/C23H25FN2O4S/c1-14-20(13-16-7-5-6-8-17(16)24)31-23(25-14)26-21(27)10-9-15-11-18(28-2)22(30-4)19(12-15)29-3/h5-8,11-12H,9-10,13H2,1-4H3,(H,25,26,27). The topological polar surface area (TPSA) is 69.7 Å². The molecule has 1 N–H and O–H groups in total. The van der Waals surface area contributed by atoms with Crippen molar-refractivity contribution in [2.24, 2.45) is 0 Å². The van der Waals surface area contributed by atoms with Gasteiger partial charge >= 0.3 is 0 Å². The van der Waals surface area contributed by atoms with Crippen LogP contribution in [0.3, 0.4) is 0 Å². The SMILES string of the molecule is COc1cc(CCC(=O)Nc2nc(C)c(Cc3ccccc3F)s2)cc(OC)c1OC. The van der Waals surface area contributed by atoms with E-state index in [1.807, 2.05) is 19.1 Å². The molecule has 0 aliphatic rings. The molecule has 0 radical (unpaired) electrons. The molecule has 0 saturated carbocycles. The van der Waals surface area contributed by atoms with Crippen molar-refractivity contribution < 1.29 is 23.4 Å². The highest BCUT2D eigenvalue weighted by Gasteiger charge is 2.15. The molecular formula is C23H25FN2O4S. The van der Waals surface area contributed by atoms with Crippen LogP contribution < -0.4 is 19.5 Å². The molecule has 0 saturated heterocycles. The van der Waals surface area contributed by atoms with Crippen LogP contribution in [0.1, 0.15) is 28.1 Å². The summed E-state index contributed by atoms with van der Waals surface area (Å²) in [5, 5.41) is 3.35. The summed E-state index contributed by atoms with van der Waals surface area (Å²) >= 11 is 1.36. The molecule has 164 valence electrons. The molecule has 0 aliphatic carbocycles. The second-order valence-electron chi connectivity index (χ2n) is 6.88. The average Bonchev–Trinajstić information content (AvgIpc) is 3.11. The Morgan fingerprint density at radius 3 is 2.39 bits per heavy atom. The number of thiazole rings is 1. The van der Waals surface area contributed by atoms with Crippen molar-refractivity contribution in [2.45, 2.75) is 26.2 Å². The fourth-order valence-corrected chi connectivity index (χ4v) is 4.18. The quantitative estimate of drug-likeness (QED) is 0.514. The summed E-state index contributed by atoms with van der Waals surface area (Å²) in [5.41, 5.74) is 2.28. The van der Waals surface area contributed by atoms with Crippen LogP contribution in [0.15, 0.2) is 36.4 Å². The zero-order valence-electron chi connectivity index (χ0n) is 18.0. The minimum Gasteiger partial charge on any atom is -0.493 e. The second-order valence-corrected chi connectivity index (χ2v) is 7.96. The Kier molecular flexibility index (Phi) is 7.46. The van der Waals surface area contributed by atoms with E-state index in [0.717, 1.165) is 16.1 Å². The first-order valence-corrected chi connectivity index (χ1v) is 10.5. The molecule has 3 rings (SSSR count). The highest BCUT2D eigenvalue weighted by atomic mass is 32.1. The Morgan fingerprint density at radius 1 is 1.10 bits per heavy atom. The van der Waals surface area contributed by atoms with Gasteiger partial charge in [0.2, 0.25) is 11.7 Å². The average molecular weight is 445 g/mol. The van der Waals surface area contributed by atoms with Crippen LogP contribution in [0.2, 0.25) is 0 Å². The van der Waals surface area contributed by atoms with Crippen LogP contribution in [-0.4, -0.2) is 32.2 Å². The number of methoxy groups -OCH3 is 3. The molecule has 0 fully saturated rings. The minimum absolute atomic E-state index is 0.153. The van der Waals surface area contributed by atoms with E-state index >= 15 is 0 Å². The van der Waals surface area contributed by atoms with Gasteiger partial charge in [0.25, 0.3) is 0 Å². The van der Waals surface area contributed by atoms with Gasteiger partial charge in [-0.25, -0.2) is 9.37 Å². The maximum Gasteiger partial charge on any atom is 0.226 e. The molecule has 0 atom stereocenters. The molecule has 0 bridgehead atoms. The fraction of sp³-hybridized carbons (Fsp3) is 0.304. The number of carbonyl (C=O) groups excluding carboxylic acids is 1. The first-order valence-electron chi connectivity index (χ1n) is 9.73. The Balaban J connectivity index is 1.63. The molecule has 3 aromatic rings. The summed E-state index contributed by atoms with van der Waals surface area (Å²) in [4.78, 5) is 17.8. The van der Waals surface area contributed by atoms with Crippen LogP contribution in [0, 0.1) is 12.7 Å². The van der Waals surface area contributed by atoms with Gasteiger partial charge in [0.1, 0.15) is 5.82 Å². The van der Waals surface area contributed by atoms with E-state index < -0.39 is 0 Å². The lowest BCUT2D eigenvalue weighted by Gasteiger charge is -2.14. The number of ether oxygens (including phenoxy) is 3. The van der Waals surface area contributed by atoms with E-state index in [1.54, 1.807) is 39.5 Å². The van der Waals surface area contributed by atoms with Crippen molar-refractivity contribution in [1.29, 1.82) is 0 Å². The molecule has 1 aromatic heterocycles. The van der Waals surface area contributed by atoms with Gasteiger partial charge in [0.15, 0.2) is 16.6 Å². The van der Waals surface area contributed by atoms with Crippen molar-refractivity contribution >= 4 is 22.4 Å². The lowest BCUT2D eigenvalue weighted by Crippen LogP contribution is -2.12. The van der Waals surface area contributed by atoms with Crippen molar-refractivity contribution in [1.82, 2.24) is 4.98 Å². The summed E-state index contributed by atoms with van der Waals surface area (Å²) in [7, 11) is 4.65. The molecule has 31 heavy (non-hydrogen) atoms. The molecule has 2 aromatic carbocycles. The predicted octanol–water partition coefficient (Wildman–Crippen LogP) is 4.78. The van der Waals surface area contributed by atoms with Gasteiger partial charge in [0, 0.05) is 17.7 Å². The third-order valence-electron chi connectivity index (χ3n) is 4.81. The van der Waals surface area contributed by atoms with Crippen molar-refractivity contribution in [3.63, 3.8) is 0 Å². The number of anilines is 1. The van der Waals surface area contributed by atoms with E-state index in [9.17, 15) is 9.18 Å². The Morgan fingerprint density at radius 2 is 1.77 bits per heavy atom. The Hall–Kier alpha value is -3.13. The number of hydrogen-bond donors (Lipinski definition) is 1. The predicted molar refractivity (Wildman–Crippen MR) is 119 cm³/mol. The zero-order chi connectivity index (χ0) is 22.4. The number of benzene rings is 2. The van der Waals surface area contributed by atoms with Crippen LogP contribution >= 0.6 is 11.3 Å². The number of aromatic nitrogens is 1. The van der Waals surface area contributed by atoms with Crippen molar-refractivity contribution in [2.75, 3.05) is 26.6 Å². The van der Waals surface area contributed by atoms with Crippen LogP contribution in [0.25, 0.3) is 0 Å². The fourth-order valence-electron chi connectivity index (χ4n) is 3.18. The van der Waals surface area contributed by atoms with Crippen LogP contribution in [0.5, 0.6) is 17.2 Å². The largest absolute Gasteiger partial charge is 0.493 e. The van der Waals surface area contributed by atoms with Gasteiger partial charge in [0.05, 0.1) is 27.0 Å². The molecule has 1 heterocycles. The van der Waals surface area contributed by atoms with Crippen molar-refractivity contribution in [3.8, 4) is 17.2 Å². The maximum atomic E-state index is 13.9. The number of nitrogens with zero attached hydrogens (tertiary/aromatic N) is 1. The zero-order valence-corrected chi connectivity index (χ0v) is 18.8. The summed E-state index contributed by atoms with van der Waals surface area (Å²) in [6.45, 7) is 1.86. The van der Waals surface area contributed by atoms with E-state index in [1.165, 1.54) is 17.4 Å². The monoisotopic (exact) mass is 444 g/mol. The molecule has 6 nitrogen and oxygen atoms in total. The number of rotatable bonds is 9. The van der Waals surface area contributed by atoms with E-state index in [-0.39, 0.29) is 18.1 Å². The highest BCUT2D eigenvalue weighted by molar-refractivity contribution is 7.15. The summed E-state index contributed by atoms with van der Waals surface area (Å²) < 4.78 is 30.0. The van der Waals surface area contributed by atoms with Crippen LogP contribution in [0.4, 0.5) is 9.52 Å². The van der Waals surface area contributed by atoms with Gasteiger partial charge in [-0.1, -0.05) is 18.2 Å². The lowest BCUT2D eigenvalue weighted by atomic mass is 10.1. The number of halogens is 1. The smallest absolute Gasteiger partial charge is 0.226 e. The molecule has 0 spiro atoms. The summed E-state index contributed by atoms with van der Waals surface area (Å²) in [6, 6.07) is 10.3. The van der Waals surface area contributed by atoms with Gasteiger partial charge in [-0.3, -0.25) is 4.79 Å². The number of carbonyl (C=O) groups is 1. The molecule has 0 aliphatic heterocycles.